The zero-order valence-corrected chi connectivity index (χ0v) is 16.0. The second-order valence-electron chi connectivity index (χ2n) is 6.44. The van der Waals surface area contributed by atoms with Gasteiger partial charge in [-0.15, -0.1) is 0 Å². The average Bonchev–Trinajstić information content (AvgIpc) is 3.19. The lowest BCUT2D eigenvalue weighted by molar-refractivity contribution is 0.0975. The topological polar surface area (TPSA) is 62.7 Å². The van der Waals surface area contributed by atoms with Gasteiger partial charge in [-0.3, -0.25) is 10.1 Å². The molecular formula is C20H20ClF2N3O2. The molecule has 2 N–H and O–H groups in total. The normalized spacial score (nSPS) is 16.9. The van der Waals surface area contributed by atoms with Crippen LogP contribution in [0.2, 0.25) is 5.02 Å². The predicted octanol–water partition coefficient (Wildman–Crippen LogP) is 4.30. The minimum absolute atomic E-state index is 0.0163. The number of carbonyl (C=O) groups is 1. The van der Waals surface area contributed by atoms with Crippen LogP contribution in [0.1, 0.15) is 28.8 Å². The fraction of sp³-hybridized carbons (Fsp3) is 0.300. The number of aliphatic imine (C=N–C) groups is 1. The molecule has 1 aliphatic rings. The molecule has 148 valence electrons. The Bertz CT molecular complexity index is 899. The lowest BCUT2D eigenvalue weighted by Gasteiger charge is -2.15. The summed E-state index contributed by atoms with van der Waals surface area (Å²) < 4.78 is 32.1. The number of anilines is 1. The van der Waals surface area contributed by atoms with Gasteiger partial charge in [0.1, 0.15) is 0 Å². The number of hydrogen-bond acceptors (Lipinski definition) is 3. The van der Waals surface area contributed by atoms with Crippen molar-refractivity contribution in [2.24, 2.45) is 4.99 Å². The first-order valence-corrected chi connectivity index (χ1v) is 9.26. The largest absolute Gasteiger partial charge is 0.376 e. The Labute approximate surface area is 166 Å². The third-order valence-electron chi connectivity index (χ3n) is 4.41. The maximum atomic E-state index is 13.4. The first kappa shape index (κ1) is 20.2. The van der Waals surface area contributed by atoms with Gasteiger partial charge in [0.15, 0.2) is 11.6 Å². The maximum Gasteiger partial charge on any atom is 0.258 e. The number of rotatable bonds is 4. The van der Waals surface area contributed by atoms with Crippen molar-refractivity contribution in [3.05, 3.63) is 64.2 Å². The van der Waals surface area contributed by atoms with E-state index in [1.165, 1.54) is 6.07 Å². The van der Waals surface area contributed by atoms with Crippen LogP contribution in [0.3, 0.4) is 0 Å². The van der Waals surface area contributed by atoms with Gasteiger partial charge in [-0.25, -0.2) is 13.8 Å². The van der Waals surface area contributed by atoms with Crippen molar-refractivity contribution in [3.8, 4) is 0 Å². The molecule has 0 bridgehead atoms. The van der Waals surface area contributed by atoms with Crippen LogP contribution in [0.4, 0.5) is 14.5 Å². The van der Waals surface area contributed by atoms with Crippen LogP contribution in [0.25, 0.3) is 0 Å². The van der Waals surface area contributed by atoms with E-state index in [0.717, 1.165) is 30.5 Å². The molecule has 1 aliphatic heterocycles. The summed E-state index contributed by atoms with van der Waals surface area (Å²) in [6.07, 6.45) is 1.85. The van der Waals surface area contributed by atoms with E-state index in [9.17, 15) is 13.6 Å². The molecule has 0 saturated carbocycles. The van der Waals surface area contributed by atoms with E-state index in [0.29, 0.717) is 23.9 Å². The van der Waals surface area contributed by atoms with Gasteiger partial charge in [0.2, 0.25) is 5.96 Å². The number of benzene rings is 2. The van der Waals surface area contributed by atoms with Crippen molar-refractivity contribution in [1.82, 2.24) is 5.32 Å². The second-order valence-corrected chi connectivity index (χ2v) is 6.85. The molecule has 0 aromatic heterocycles. The smallest absolute Gasteiger partial charge is 0.258 e. The Morgan fingerprint density at radius 1 is 1.29 bits per heavy atom. The van der Waals surface area contributed by atoms with Crippen LogP contribution in [0.5, 0.6) is 0 Å². The number of carbonyl (C=O) groups excluding carboxylic acids is 1. The first-order valence-electron chi connectivity index (χ1n) is 8.88. The fourth-order valence-corrected chi connectivity index (χ4v) is 2.95. The highest BCUT2D eigenvalue weighted by Gasteiger charge is 2.17. The van der Waals surface area contributed by atoms with Crippen LogP contribution in [-0.4, -0.2) is 31.1 Å². The molecular weight excluding hydrogens is 388 g/mol. The lowest BCUT2D eigenvalue weighted by Crippen LogP contribution is -2.37. The Hall–Kier alpha value is -2.51. The maximum absolute atomic E-state index is 13.4. The Morgan fingerprint density at radius 3 is 2.82 bits per heavy atom. The number of ether oxygens (including phenoxy) is 1. The van der Waals surface area contributed by atoms with Gasteiger partial charge in [-0.1, -0.05) is 17.7 Å². The summed E-state index contributed by atoms with van der Waals surface area (Å²) in [6, 6.07) is 8.27. The summed E-state index contributed by atoms with van der Waals surface area (Å²) >= 11 is 6.15. The SMILES string of the molecule is Cc1c(Cl)cccc1NC(=NCC1CCCO1)NC(=O)c1ccc(F)c(F)c1. The number of nitrogens with zero attached hydrogens (tertiary/aromatic N) is 1. The lowest BCUT2D eigenvalue weighted by atomic mass is 10.2. The molecule has 5 nitrogen and oxygen atoms in total. The van der Waals surface area contributed by atoms with Crippen LogP contribution in [0, 0.1) is 18.6 Å². The third-order valence-corrected chi connectivity index (χ3v) is 4.82. The minimum Gasteiger partial charge on any atom is -0.376 e. The monoisotopic (exact) mass is 407 g/mol. The molecule has 28 heavy (non-hydrogen) atoms. The summed E-state index contributed by atoms with van der Waals surface area (Å²) in [5, 5.41) is 6.23. The van der Waals surface area contributed by atoms with E-state index in [1.54, 1.807) is 18.2 Å². The van der Waals surface area contributed by atoms with Gasteiger partial charge >= 0.3 is 0 Å². The number of hydrogen-bond donors (Lipinski definition) is 2. The quantitative estimate of drug-likeness (QED) is 0.586. The van der Waals surface area contributed by atoms with Crippen molar-refractivity contribution in [2.45, 2.75) is 25.9 Å². The number of nitrogens with one attached hydrogen (secondary N) is 2. The van der Waals surface area contributed by atoms with E-state index in [2.05, 4.69) is 15.6 Å². The molecule has 3 rings (SSSR count). The summed E-state index contributed by atoms with van der Waals surface area (Å²) in [5.41, 5.74) is 1.44. The minimum atomic E-state index is -1.09. The van der Waals surface area contributed by atoms with Gasteiger partial charge in [0.25, 0.3) is 5.91 Å². The molecule has 1 fully saturated rings. The molecule has 8 heteroatoms. The molecule has 2 aromatic carbocycles. The van der Waals surface area contributed by atoms with E-state index in [4.69, 9.17) is 16.3 Å². The van der Waals surface area contributed by atoms with E-state index < -0.39 is 17.5 Å². The zero-order valence-electron chi connectivity index (χ0n) is 15.3. The summed E-state index contributed by atoms with van der Waals surface area (Å²) in [7, 11) is 0. The highest BCUT2D eigenvalue weighted by molar-refractivity contribution is 6.31. The Morgan fingerprint density at radius 2 is 2.11 bits per heavy atom. The summed E-state index contributed by atoms with van der Waals surface area (Å²) in [5.74, 6) is -2.55. The van der Waals surface area contributed by atoms with Crippen molar-refractivity contribution in [2.75, 3.05) is 18.5 Å². The van der Waals surface area contributed by atoms with Gasteiger partial charge in [0.05, 0.1) is 12.6 Å². The molecule has 1 heterocycles. The van der Waals surface area contributed by atoms with Crippen LogP contribution >= 0.6 is 11.6 Å². The van der Waals surface area contributed by atoms with Crippen molar-refractivity contribution < 1.29 is 18.3 Å². The highest BCUT2D eigenvalue weighted by Crippen LogP contribution is 2.23. The third kappa shape index (κ3) is 5.05. The first-order chi connectivity index (χ1) is 13.4. The average molecular weight is 408 g/mol. The number of halogens is 3. The van der Waals surface area contributed by atoms with Gasteiger partial charge in [0, 0.05) is 22.9 Å². The second kappa shape index (κ2) is 9.12. The predicted molar refractivity (Wildman–Crippen MR) is 105 cm³/mol. The van der Waals surface area contributed by atoms with E-state index >= 15 is 0 Å². The Balaban J connectivity index is 1.80. The number of guanidine groups is 1. The molecule has 0 radical (unpaired) electrons. The van der Waals surface area contributed by atoms with Crippen molar-refractivity contribution in [1.29, 1.82) is 0 Å². The summed E-state index contributed by atoms with van der Waals surface area (Å²) in [4.78, 5) is 16.9. The van der Waals surface area contributed by atoms with E-state index in [1.807, 2.05) is 6.92 Å². The van der Waals surface area contributed by atoms with Crippen LogP contribution in [0.15, 0.2) is 41.4 Å². The molecule has 1 amide bonds. The highest BCUT2D eigenvalue weighted by atomic mass is 35.5. The van der Waals surface area contributed by atoms with Crippen molar-refractivity contribution in [3.63, 3.8) is 0 Å². The molecule has 1 atom stereocenters. The van der Waals surface area contributed by atoms with Crippen molar-refractivity contribution >= 4 is 29.2 Å². The van der Waals surface area contributed by atoms with Crippen LogP contribution < -0.4 is 10.6 Å². The standard InChI is InChI=1S/C20H20ClF2N3O2/c1-12-15(21)5-2-6-18(12)25-20(24-11-14-4-3-9-28-14)26-19(27)13-7-8-16(22)17(23)10-13/h2,5-8,10,14H,3-4,9,11H2,1H3,(H2,24,25,26,27). The Kier molecular flexibility index (Phi) is 6.59. The molecule has 0 aliphatic carbocycles. The van der Waals surface area contributed by atoms with Gasteiger partial charge in [-0.2, -0.15) is 0 Å². The van der Waals surface area contributed by atoms with Gasteiger partial charge < -0.3 is 10.1 Å². The fourth-order valence-electron chi connectivity index (χ4n) is 2.78. The summed E-state index contributed by atoms with van der Waals surface area (Å²) in [6.45, 7) is 2.89. The zero-order chi connectivity index (χ0) is 20.1. The van der Waals surface area contributed by atoms with E-state index in [-0.39, 0.29) is 17.6 Å². The number of amides is 1. The molecule has 0 spiro atoms. The van der Waals surface area contributed by atoms with Crippen LogP contribution in [-0.2, 0) is 4.74 Å². The molecule has 1 unspecified atom stereocenters. The molecule has 2 aromatic rings. The van der Waals surface area contributed by atoms with Gasteiger partial charge in [-0.05, 0) is 55.7 Å². The molecule has 1 saturated heterocycles.